The van der Waals surface area contributed by atoms with Gasteiger partial charge in [0.1, 0.15) is 23.8 Å². The Morgan fingerprint density at radius 3 is 2.96 bits per heavy atom. The molecular formula is C19H23N7O. The number of aliphatic hydroxyl groups excluding tert-OH is 1. The summed E-state index contributed by atoms with van der Waals surface area (Å²) in [5, 5.41) is 20.1. The van der Waals surface area contributed by atoms with Gasteiger partial charge >= 0.3 is 0 Å². The molecule has 3 aromatic rings. The number of nitrogens with one attached hydrogen (secondary N) is 2. The molecule has 27 heavy (non-hydrogen) atoms. The van der Waals surface area contributed by atoms with Crippen molar-refractivity contribution in [3.05, 3.63) is 48.5 Å². The van der Waals surface area contributed by atoms with Gasteiger partial charge in [-0.05, 0) is 12.8 Å². The van der Waals surface area contributed by atoms with Gasteiger partial charge in [-0.2, -0.15) is 5.10 Å². The smallest absolute Gasteiger partial charge is 0.181 e. The van der Waals surface area contributed by atoms with Gasteiger partial charge in [0.25, 0.3) is 0 Å². The summed E-state index contributed by atoms with van der Waals surface area (Å²) >= 11 is 0. The van der Waals surface area contributed by atoms with Crippen LogP contribution in [0, 0.1) is 0 Å². The van der Waals surface area contributed by atoms with E-state index in [-0.39, 0.29) is 12.6 Å². The van der Waals surface area contributed by atoms with Crippen molar-refractivity contribution in [3.63, 3.8) is 0 Å². The van der Waals surface area contributed by atoms with Crippen LogP contribution in [0.5, 0.6) is 0 Å². The van der Waals surface area contributed by atoms with E-state index in [0.29, 0.717) is 18.8 Å². The molecule has 0 radical (unpaired) electrons. The molecule has 1 aromatic carbocycles. The Labute approximate surface area is 157 Å². The maximum absolute atomic E-state index is 9.50. The van der Waals surface area contributed by atoms with Crippen molar-refractivity contribution in [2.45, 2.75) is 25.3 Å². The third kappa shape index (κ3) is 4.06. The summed E-state index contributed by atoms with van der Waals surface area (Å²) in [6.07, 6.45) is 4.35. The van der Waals surface area contributed by atoms with Crippen molar-refractivity contribution in [2.75, 3.05) is 29.9 Å². The molecule has 4 rings (SSSR count). The maximum Gasteiger partial charge on any atom is 0.181 e. The molecule has 1 aliphatic heterocycles. The van der Waals surface area contributed by atoms with E-state index >= 15 is 0 Å². The molecule has 8 nitrogen and oxygen atoms in total. The lowest BCUT2D eigenvalue weighted by Gasteiger charge is -2.24. The number of aromatic amines is 1. The van der Waals surface area contributed by atoms with Crippen molar-refractivity contribution in [1.29, 1.82) is 0 Å². The first-order valence-corrected chi connectivity index (χ1v) is 9.23. The van der Waals surface area contributed by atoms with Gasteiger partial charge in [0.15, 0.2) is 5.82 Å². The summed E-state index contributed by atoms with van der Waals surface area (Å²) in [5.41, 5.74) is 0.998. The van der Waals surface area contributed by atoms with E-state index in [9.17, 15) is 5.11 Å². The second-order valence-corrected chi connectivity index (χ2v) is 6.58. The highest BCUT2D eigenvalue weighted by Crippen LogP contribution is 2.24. The van der Waals surface area contributed by atoms with Gasteiger partial charge in [0, 0.05) is 31.1 Å². The lowest BCUT2D eigenvalue weighted by Crippen LogP contribution is -2.32. The summed E-state index contributed by atoms with van der Waals surface area (Å²) in [6.45, 7) is 1.76. The van der Waals surface area contributed by atoms with Gasteiger partial charge < -0.3 is 15.3 Å². The Balaban J connectivity index is 1.34. The predicted octanol–water partition coefficient (Wildman–Crippen LogP) is 1.88. The van der Waals surface area contributed by atoms with E-state index in [2.05, 4.69) is 35.4 Å². The molecule has 0 spiro atoms. The number of aliphatic hydroxyl groups is 1. The molecular weight excluding hydrogens is 342 g/mol. The third-order valence-electron chi connectivity index (χ3n) is 4.77. The number of hydrogen-bond acceptors (Lipinski definition) is 7. The molecule has 1 atom stereocenters. The normalized spacial score (nSPS) is 16.6. The van der Waals surface area contributed by atoms with E-state index in [4.69, 9.17) is 0 Å². The van der Waals surface area contributed by atoms with Crippen LogP contribution in [-0.4, -0.2) is 56.0 Å². The molecule has 0 amide bonds. The zero-order chi connectivity index (χ0) is 18.5. The molecule has 1 saturated heterocycles. The van der Waals surface area contributed by atoms with Crippen LogP contribution in [0.3, 0.4) is 0 Å². The van der Waals surface area contributed by atoms with Gasteiger partial charge in [0.2, 0.25) is 0 Å². The summed E-state index contributed by atoms with van der Waals surface area (Å²) in [7, 11) is 0. The van der Waals surface area contributed by atoms with Crippen molar-refractivity contribution in [2.24, 2.45) is 0 Å². The highest BCUT2D eigenvalue weighted by Gasteiger charge is 2.25. The van der Waals surface area contributed by atoms with Crippen LogP contribution >= 0.6 is 0 Å². The topological polar surface area (TPSA) is 103 Å². The first-order chi connectivity index (χ1) is 13.3. The van der Waals surface area contributed by atoms with Gasteiger partial charge in [-0.15, -0.1) is 0 Å². The molecule has 8 heteroatoms. The van der Waals surface area contributed by atoms with Crippen molar-refractivity contribution < 1.29 is 5.11 Å². The van der Waals surface area contributed by atoms with E-state index < -0.39 is 0 Å². The number of rotatable bonds is 7. The molecule has 3 heterocycles. The Kier molecular flexibility index (Phi) is 5.24. The Morgan fingerprint density at radius 1 is 1.22 bits per heavy atom. The van der Waals surface area contributed by atoms with Crippen molar-refractivity contribution >= 4 is 11.6 Å². The molecule has 1 aliphatic rings. The number of aromatic nitrogens is 5. The SMILES string of the molecule is OCC1CCCN1c1cc(NCCc2nc(-c3ccccc3)n[nH]2)ncn1. The van der Waals surface area contributed by atoms with Crippen LogP contribution in [0.1, 0.15) is 18.7 Å². The number of nitrogens with zero attached hydrogens (tertiary/aromatic N) is 5. The third-order valence-corrected chi connectivity index (χ3v) is 4.77. The fourth-order valence-electron chi connectivity index (χ4n) is 3.36. The minimum absolute atomic E-state index is 0.151. The first-order valence-electron chi connectivity index (χ1n) is 9.23. The molecule has 1 fully saturated rings. The molecule has 0 aliphatic carbocycles. The van der Waals surface area contributed by atoms with E-state index in [0.717, 1.165) is 42.4 Å². The van der Waals surface area contributed by atoms with Crippen molar-refractivity contribution in [1.82, 2.24) is 25.1 Å². The summed E-state index contributed by atoms with van der Waals surface area (Å²) in [6, 6.07) is 12.0. The average Bonchev–Trinajstić information content (AvgIpc) is 3.38. The lowest BCUT2D eigenvalue weighted by molar-refractivity contribution is 0.266. The second-order valence-electron chi connectivity index (χ2n) is 6.58. The highest BCUT2D eigenvalue weighted by molar-refractivity contribution is 5.54. The van der Waals surface area contributed by atoms with Gasteiger partial charge in [-0.3, -0.25) is 5.10 Å². The lowest BCUT2D eigenvalue weighted by atomic mass is 10.2. The fraction of sp³-hybridized carbons (Fsp3) is 0.368. The molecule has 0 saturated carbocycles. The minimum atomic E-state index is 0.151. The highest BCUT2D eigenvalue weighted by atomic mass is 16.3. The van der Waals surface area contributed by atoms with Crippen LogP contribution in [0.2, 0.25) is 0 Å². The Hall–Kier alpha value is -3.00. The molecule has 3 N–H and O–H groups in total. The largest absolute Gasteiger partial charge is 0.394 e. The fourth-order valence-corrected chi connectivity index (χ4v) is 3.36. The zero-order valence-corrected chi connectivity index (χ0v) is 15.0. The van der Waals surface area contributed by atoms with Gasteiger partial charge in [-0.1, -0.05) is 30.3 Å². The number of anilines is 2. The Bertz CT molecular complexity index is 867. The standard InChI is InChI=1S/C19H23N7O/c27-12-15-7-4-10-26(15)18-11-17(21-13-22-18)20-9-8-16-23-19(25-24-16)14-5-2-1-3-6-14/h1-3,5-6,11,13,15,27H,4,7-10,12H2,(H,20,21,22)(H,23,24,25). The molecule has 2 aromatic heterocycles. The van der Waals surface area contributed by atoms with Crippen molar-refractivity contribution in [3.8, 4) is 11.4 Å². The number of benzene rings is 1. The second kappa shape index (κ2) is 8.13. The zero-order valence-electron chi connectivity index (χ0n) is 15.0. The van der Waals surface area contributed by atoms with E-state index in [1.54, 1.807) is 6.33 Å². The van der Waals surface area contributed by atoms with E-state index in [1.165, 1.54) is 0 Å². The first kappa shape index (κ1) is 17.4. The van der Waals surface area contributed by atoms with Crippen LogP contribution in [0.15, 0.2) is 42.7 Å². The van der Waals surface area contributed by atoms with Crippen LogP contribution < -0.4 is 10.2 Å². The Morgan fingerprint density at radius 2 is 2.11 bits per heavy atom. The van der Waals surface area contributed by atoms with Crippen LogP contribution in [0.4, 0.5) is 11.6 Å². The monoisotopic (exact) mass is 365 g/mol. The average molecular weight is 365 g/mol. The minimum Gasteiger partial charge on any atom is -0.394 e. The molecule has 1 unspecified atom stereocenters. The molecule has 140 valence electrons. The summed E-state index contributed by atoms with van der Waals surface area (Å²) < 4.78 is 0. The van der Waals surface area contributed by atoms with Gasteiger partial charge in [0.05, 0.1) is 12.6 Å². The van der Waals surface area contributed by atoms with Gasteiger partial charge in [-0.25, -0.2) is 15.0 Å². The van der Waals surface area contributed by atoms with Crippen LogP contribution in [0.25, 0.3) is 11.4 Å². The quantitative estimate of drug-likeness (QED) is 0.587. The number of hydrogen-bond donors (Lipinski definition) is 3. The molecule has 0 bridgehead atoms. The maximum atomic E-state index is 9.50. The summed E-state index contributed by atoms with van der Waals surface area (Å²) in [4.78, 5) is 15.3. The van der Waals surface area contributed by atoms with E-state index in [1.807, 2.05) is 36.4 Å². The van der Waals surface area contributed by atoms with Crippen LogP contribution in [-0.2, 0) is 6.42 Å². The number of H-pyrrole nitrogens is 1. The predicted molar refractivity (Wildman–Crippen MR) is 103 cm³/mol. The summed E-state index contributed by atoms with van der Waals surface area (Å²) in [5.74, 6) is 3.16.